The fourth-order valence-corrected chi connectivity index (χ4v) is 4.35. The van der Waals surface area contributed by atoms with E-state index in [9.17, 15) is 8.42 Å². The lowest BCUT2D eigenvalue weighted by atomic mass is 9.99. The summed E-state index contributed by atoms with van der Waals surface area (Å²) in [6, 6.07) is 8.66. The lowest BCUT2D eigenvalue weighted by Crippen LogP contribution is -2.32. The van der Waals surface area contributed by atoms with Crippen LogP contribution in [0.3, 0.4) is 0 Å². The van der Waals surface area contributed by atoms with Crippen LogP contribution in [0, 0.1) is 12.8 Å². The molecule has 3 rings (SSSR count). The number of sulfonamides is 1. The molecule has 2 heterocycles. The Bertz CT molecular complexity index is 858. The lowest BCUT2D eigenvalue weighted by molar-refractivity contribution is 0.402. The molecule has 0 unspecified atom stereocenters. The monoisotopic (exact) mass is 375 g/mol. The van der Waals surface area contributed by atoms with E-state index in [0.29, 0.717) is 11.6 Å². The smallest absolute Gasteiger partial charge is 0.266 e. The molecule has 1 aromatic carbocycles. The molecular weight excluding hydrogens is 350 g/mol. The van der Waals surface area contributed by atoms with Crippen molar-refractivity contribution in [2.75, 3.05) is 29.8 Å². The van der Waals surface area contributed by atoms with Crippen molar-refractivity contribution < 1.29 is 13.2 Å². The predicted octanol–water partition coefficient (Wildman–Crippen LogP) is 3.44. The molecule has 1 aliphatic heterocycles. The third-order valence-corrected chi connectivity index (χ3v) is 6.12. The molecular formula is C19H25N3O3S. The number of ether oxygens (including phenoxy) is 1. The van der Waals surface area contributed by atoms with Crippen LogP contribution in [0.4, 0.5) is 11.5 Å². The van der Waals surface area contributed by atoms with Gasteiger partial charge in [-0.2, -0.15) is 0 Å². The molecule has 7 heteroatoms. The summed E-state index contributed by atoms with van der Waals surface area (Å²) in [5.41, 5.74) is 1.86. The number of methoxy groups -OCH3 is 1. The molecule has 1 aliphatic rings. The molecule has 1 N–H and O–H groups in total. The van der Waals surface area contributed by atoms with E-state index in [1.54, 1.807) is 24.4 Å². The molecule has 0 radical (unpaired) electrons. The Hall–Kier alpha value is -2.28. The maximum absolute atomic E-state index is 12.7. The van der Waals surface area contributed by atoms with E-state index in [4.69, 9.17) is 4.74 Å². The molecule has 1 fully saturated rings. The Morgan fingerprint density at radius 3 is 2.54 bits per heavy atom. The number of nitrogens with one attached hydrogen (secondary N) is 1. The average Bonchev–Trinajstić information content (AvgIpc) is 2.63. The number of piperidine rings is 1. The van der Waals surface area contributed by atoms with Crippen molar-refractivity contribution in [1.29, 1.82) is 0 Å². The lowest BCUT2D eigenvalue weighted by Gasteiger charge is -2.31. The molecule has 2 aromatic rings. The molecule has 0 spiro atoms. The third-order valence-electron chi connectivity index (χ3n) is 4.74. The fraction of sp³-hybridized carbons (Fsp3) is 0.421. The van der Waals surface area contributed by atoms with E-state index in [1.807, 2.05) is 19.1 Å². The molecule has 1 saturated heterocycles. The van der Waals surface area contributed by atoms with E-state index >= 15 is 0 Å². The summed E-state index contributed by atoms with van der Waals surface area (Å²) >= 11 is 0. The van der Waals surface area contributed by atoms with Gasteiger partial charge in [0.05, 0.1) is 19.0 Å². The highest BCUT2D eigenvalue weighted by atomic mass is 32.2. The van der Waals surface area contributed by atoms with Crippen molar-refractivity contribution in [2.24, 2.45) is 5.92 Å². The van der Waals surface area contributed by atoms with E-state index < -0.39 is 10.0 Å². The van der Waals surface area contributed by atoms with Crippen molar-refractivity contribution in [2.45, 2.75) is 31.6 Å². The molecule has 1 aromatic heterocycles. The summed E-state index contributed by atoms with van der Waals surface area (Å²) in [6.45, 7) is 6.13. The number of rotatable bonds is 5. The van der Waals surface area contributed by atoms with Gasteiger partial charge in [0, 0.05) is 13.1 Å². The van der Waals surface area contributed by atoms with Gasteiger partial charge in [-0.15, -0.1) is 0 Å². The van der Waals surface area contributed by atoms with E-state index in [2.05, 4.69) is 21.5 Å². The number of hydrogen-bond acceptors (Lipinski definition) is 5. The highest BCUT2D eigenvalue weighted by Gasteiger charge is 2.21. The van der Waals surface area contributed by atoms with Gasteiger partial charge in [-0.25, -0.2) is 13.4 Å². The van der Waals surface area contributed by atoms with Crippen molar-refractivity contribution in [3.63, 3.8) is 0 Å². The minimum Gasteiger partial charge on any atom is -0.495 e. The van der Waals surface area contributed by atoms with Crippen LogP contribution in [-0.2, 0) is 10.0 Å². The molecule has 0 bridgehead atoms. The minimum atomic E-state index is -3.77. The van der Waals surface area contributed by atoms with Crippen LogP contribution in [0.25, 0.3) is 0 Å². The van der Waals surface area contributed by atoms with Crippen LogP contribution in [0.15, 0.2) is 41.4 Å². The van der Waals surface area contributed by atoms with Crippen LogP contribution in [0.1, 0.15) is 25.3 Å². The van der Waals surface area contributed by atoms with Gasteiger partial charge in [-0.3, -0.25) is 4.72 Å². The number of pyridine rings is 1. The standard InChI is InChI=1S/C19H25N3O3S/c1-14-8-10-22(11-9-14)16-5-7-19(20-13-16)21-26(23,24)18-12-15(2)4-6-17(18)25-3/h4-7,12-14H,8-11H2,1-3H3,(H,20,21). The number of aryl methyl sites for hydroxylation is 1. The summed E-state index contributed by atoms with van der Waals surface area (Å²) in [6.07, 6.45) is 4.06. The quantitative estimate of drug-likeness (QED) is 0.867. The van der Waals surface area contributed by atoms with Crippen LogP contribution in [0.5, 0.6) is 5.75 Å². The Kier molecular flexibility index (Phi) is 5.36. The first-order chi connectivity index (χ1) is 12.4. The molecule has 6 nitrogen and oxygen atoms in total. The van der Waals surface area contributed by atoms with E-state index in [0.717, 1.165) is 30.3 Å². The molecule has 0 atom stereocenters. The second-order valence-electron chi connectivity index (χ2n) is 6.83. The number of nitrogens with zero attached hydrogens (tertiary/aromatic N) is 2. The number of anilines is 2. The van der Waals surface area contributed by atoms with Gasteiger partial charge in [-0.1, -0.05) is 13.0 Å². The van der Waals surface area contributed by atoms with Gasteiger partial charge in [0.15, 0.2) is 0 Å². The maximum Gasteiger partial charge on any atom is 0.266 e. The first kappa shape index (κ1) is 18.5. The Morgan fingerprint density at radius 1 is 1.19 bits per heavy atom. The van der Waals surface area contributed by atoms with Gasteiger partial charge in [0.1, 0.15) is 16.5 Å². The maximum atomic E-state index is 12.7. The van der Waals surface area contributed by atoms with Gasteiger partial charge in [0.25, 0.3) is 10.0 Å². The van der Waals surface area contributed by atoms with Gasteiger partial charge in [0.2, 0.25) is 0 Å². The molecule has 0 saturated carbocycles. The van der Waals surface area contributed by atoms with E-state index in [1.165, 1.54) is 20.0 Å². The van der Waals surface area contributed by atoms with Gasteiger partial charge >= 0.3 is 0 Å². The summed E-state index contributed by atoms with van der Waals surface area (Å²) in [4.78, 5) is 6.68. The number of benzene rings is 1. The van der Waals surface area contributed by atoms with Crippen LogP contribution in [0.2, 0.25) is 0 Å². The second kappa shape index (κ2) is 7.53. The van der Waals surface area contributed by atoms with Crippen LogP contribution < -0.4 is 14.4 Å². The molecule has 0 aliphatic carbocycles. The molecule has 26 heavy (non-hydrogen) atoms. The highest BCUT2D eigenvalue weighted by Crippen LogP contribution is 2.27. The first-order valence-electron chi connectivity index (χ1n) is 8.77. The SMILES string of the molecule is COc1ccc(C)cc1S(=O)(=O)Nc1ccc(N2CCC(C)CC2)cn1. The van der Waals surface area contributed by atoms with E-state index in [-0.39, 0.29) is 4.90 Å². The Labute approximate surface area is 155 Å². The summed E-state index contributed by atoms with van der Waals surface area (Å²) in [5.74, 6) is 1.36. The van der Waals surface area contributed by atoms with Gasteiger partial charge in [-0.05, 0) is 55.5 Å². The van der Waals surface area contributed by atoms with Crippen molar-refractivity contribution in [3.8, 4) is 5.75 Å². The zero-order chi connectivity index (χ0) is 18.7. The summed E-state index contributed by atoms with van der Waals surface area (Å²) in [7, 11) is -2.32. The fourth-order valence-electron chi connectivity index (χ4n) is 3.09. The Balaban J connectivity index is 1.77. The van der Waals surface area contributed by atoms with Gasteiger partial charge < -0.3 is 9.64 Å². The topological polar surface area (TPSA) is 71.5 Å². The van der Waals surface area contributed by atoms with Crippen molar-refractivity contribution in [1.82, 2.24) is 4.98 Å². The number of aromatic nitrogens is 1. The zero-order valence-corrected chi connectivity index (χ0v) is 16.2. The van der Waals surface area contributed by atoms with Crippen molar-refractivity contribution >= 4 is 21.5 Å². The predicted molar refractivity (Wildman–Crippen MR) is 103 cm³/mol. The second-order valence-corrected chi connectivity index (χ2v) is 8.48. The number of hydrogen-bond donors (Lipinski definition) is 1. The largest absolute Gasteiger partial charge is 0.495 e. The third kappa shape index (κ3) is 4.09. The average molecular weight is 375 g/mol. The minimum absolute atomic E-state index is 0.107. The van der Waals surface area contributed by atoms with Crippen LogP contribution in [-0.4, -0.2) is 33.6 Å². The normalized spacial score (nSPS) is 15.7. The molecule has 140 valence electrons. The Morgan fingerprint density at radius 2 is 1.92 bits per heavy atom. The summed E-state index contributed by atoms with van der Waals surface area (Å²) in [5, 5.41) is 0. The zero-order valence-electron chi connectivity index (χ0n) is 15.4. The first-order valence-corrected chi connectivity index (χ1v) is 10.3. The summed E-state index contributed by atoms with van der Waals surface area (Å²) < 4.78 is 33.2. The highest BCUT2D eigenvalue weighted by molar-refractivity contribution is 7.92. The van der Waals surface area contributed by atoms with Crippen molar-refractivity contribution in [3.05, 3.63) is 42.1 Å². The van der Waals surface area contributed by atoms with Crippen LogP contribution >= 0.6 is 0 Å². The molecule has 0 amide bonds.